The second-order valence-corrected chi connectivity index (χ2v) is 6.36. The Balaban J connectivity index is 6.39. The van der Waals surface area contributed by atoms with Crippen LogP contribution in [0.4, 0.5) is 0 Å². The summed E-state index contributed by atoms with van der Waals surface area (Å²) < 4.78 is 0. The van der Waals surface area contributed by atoms with Gasteiger partial charge in [-0.2, -0.15) is 0 Å². The summed E-state index contributed by atoms with van der Waals surface area (Å²) in [5.74, 6) is -2.41. The van der Waals surface area contributed by atoms with Crippen molar-refractivity contribution in [1.82, 2.24) is 0 Å². The monoisotopic (exact) mass is 286 g/mol. The largest absolute Gasteiger partial charge is 0.481 e. The van der Waals surface area contributed by atoms with Crippen LogP contribution in [-0.4, -0.2) is 22.2 Å². The van der Waals surface area contributed by atoms with E-state index in [9.17, 15) is 19.8 Å². The minimum absolute atomic E-state index is 0.231. The maximum atomic E-state index is 12.1. The molecule has 0 saturated heterocycles. The lowest BCUT2D eigenvalue weighted by molar-refractivity contribution is -0.188. The maximum Gasteiger partial charge on any atom is 0.311 e. The van der Waals surface area contributed by atoms with Crippen molar-refractivity contribution in [2.45, 2.75) is 67.2 Å². The molecule has 0 fully saturated rings. The first-order chi connectivity index (χ1) is 9.14. The number of rotatable bonds is 9. The fourth-order valence-electron chi connectivity index (χ4n) is 3.93. The van der Waals surface area contributed by atoms with Crippen LogP contribution in [0.15, 0.2) is 0 Å². The Bertz CT molecular complexity index is 314. The first-order valence-corrected chi connectivity index (χ1v) is 7.61. The van der Waals surface area contributed by atoms with Crippen molar-refractivity contribution in [3.63, 3.8) is 0 Å². The molecule has 0 bridgehead atoms. The zero-order valence-corrected chi connectivity index (χ0v) is 13.7. The smallest absolute Gasteiger partial charge is 0.311 e. The highest BCUT2D eigenvalue weighted by Crippen LogP contribution is 2.56. The Kier molecular flexibility index (Phi) is 6.72. The number of aliphatic carboxylic acids is 2. The van der Waals surface area contributed by atoms with Crippen LogP contribution < -0.4 is 0 Å². The Hall–Kier alpha value is -1.06. The van der Waals surface area contributed by atoms with Gasteiger partial charge in [0.05, 0.1) is 10.8 Å². The van der Waals surface area contributed by atoms with Crippen molar-refractivity contribution < 1.29 is 19.8 Å². The summed E-state index contributed by atoms with van der Waals surface area (Å²) in [6, 6.07) is 0. The van der Waals surface area contributed by atoms with Crippen molar-refractivity contribution >= 4 is 11.9 Å². The lowest BCUT2D eigenvalue weighted by Gasteiger charge is -2.50. The van der Waals surface area contributed by atoms with Crippen LogP contribution in [0, 0.1) is 22.7 Å². The van der Waals surface area contributed by atoms with Crippen LogP contribution in [0.2, 0.25) is 0 Å². The number of hydrogen-bond donors (Lipinski definition) is 2. The molecule has 2 unspecified atom stereocenters. The zero-order chi connectivity index (χ0) is 16.1. The van der Waals surface area contributed by atoms with Gasteiger partial charge in [0.1, 0.15) is 0 Å². The lowest BCUT2D eigenvalue weighted by Crippen LogP contribution is -2.58. The van der Waals surface area contributed by atoms with Gasteiger partial charge in [-0.1, -0.05) is 54.4 Å². The van der Waals surface area contributed by atoms with Gasteiger partial charge < -0.3 is 10.2 Å². The van der Waals surface area contributed by atoms with Crippen LogP contribution in [0.25, 0.3) is 0 Å². The molecule has 20 heavy (non-hydrogen) atoms. The van der Waals surface area contributed by atoms with Crippen LogP contribution in [0.1, 0.15) is 67.2 Å². The fourth-order valence-corrected chi connectivity index (χ4v) is 3.93. The van der Waals surface area contributed by atoms with E-state index >= 15 is 0 Å². The predicted molar refractivity (Wildman–Crippen MR) is 79.6 cm³/mol. The third kappa shape index (κ3) is 2.70. The number of carbonyl (C=O) groups is 2. The quantitative estimate of drug-likeness (QED) is 0.670. The topological polar surface area (TPSA) is 74.6 Å². The van der Waals surface area contributed by atoms with E-state index < -0.39 is 22.8 Å². The van der Waals surface area contributed by atoms with Gasteiger partial charge in [0.25, 0.3) is 0 Å². The van der Waals surface area contributed by atoms with E-state index in [1.807, 2.05) is 41.5 Å². The second-order valence-electron chi connectivity index (χ2n) is 6.36. The molecule has 0 aromatic rings. The molecule has 0 aromatic carbocycles. The summed E-state index contributed by atoms with van der Waals surface area (Å²) in [7, 11) is 0. The van der Waals surface area contributed by atoms with E-state index in [-0.39, 0.29) is 11.8 Å². The van der Waals surface area contributed by atoms with Gasteiger partial charge in [0, 0.05) is 0 Å². The van der Waals surface area contributed by atoms with Crippen molar-refractivity contribution in [1.29, 1.82) is 0 Å². The molecule has 0 heterocycles. The van der Waals surface area contributed by atoms with E-state index in [2.05, 4.69) is 0 Å². The molecule has 0 aliphatic rings. The minimum Gasteiger partial charge on any atom is -0.481 e. The van der Waals surface area contributed by atoms with Crippen molar-refractivity contribution in [3.8, 4) is 0 Å². The fraction of sp³-hybridized carbons (Fsp3) is 0.875. The highest BCUT2D eigenvalue weighted by molar-refractivity contribution is 5.87. The number of hydrogen-bond acceptors (Lipinski definition) is 2. The highest BCUT2D eigenvalue weighted by Gasteiger charge is 2.63. The van der Waals surface area contributed by atoms with Gasteiger partial charge in [0.15, 0.2) is 0 Å². The Morgan fingerprint density at radius 3 is 1.15 bits per heavy atom. The van der Waals surface area contributed by atoms with E-state index in [1.54, 1.807) is 0 Å². The summed E-state index contributed by atoms with van der Waals surface area (Å²) in [5.41, 5.74) is -2.45. The van der Waals surface area contributed by atoms with Crippen LogP contribution in [0.3, 0.4) is 0 Å². The zero-order valence-electron chi connectivity index (χ0n) is 13.7. The summed E-state index contributed by atoms with van der Waals surface area (Å²) in [4.78, 5) is 24.2. The molecule has 0 saturated carbocycles. The highest BCUT2D eigenvalue weighted by atomic mass is 16.4. The molecule has 0 aromatic heterocycles. The lowest BCUT2D eigenvalue weighted by atomic mass is 9.50. The van der Waals surface area contributed by atoms with Gasteiger partial charge in [-0.3, -0.25) is 9.59 Å². The van der Waals surface area contributed by atoms with Crippen molar-refractivity contribution in [2.24, 2.45) is 22.7 Å². The van der Waals surface area contributed by atoms with E-state index in [4.69, 9.17) is 0 Å². The normalized spacial score (nSPS) is 17.8. The van der Waals surface area contributed by atoms with Gasteiger partial charge in [-0.05, 0) is 24.7 Å². The van der Waals surface area contributed by atoms with Gasteiger partial charge in [0.2, 0.25) is 0 Å². The molecule has 0 aliphatic heterocycles. The average molecular weight is 286 g/mol. The van der Waals surface area contributed by atoms with Gasteiger partial charge in [-0.25, -0.2) is 0 Å². The first-order valence-electron chi connectivity index (χ1n) is 7.61. The Morgan fingerprint density at radius 2 is 1.05 bits per heavy atom. The number of carboxylic acids is 2. The molecule has 118 valence electrons. The standard InChI is InChI=1S/C16H30O4/c1-7-9-15(11(3)4,13(17)18)16(10-8-2,12(5)6)14(19)20/h11-12H,7-10H2,1-6H3,(H,17,18)(H,19,20). The second kappa shape index (κ2) is 7.09. The molecule has 0 aliphatic carbocycles. The molecule has 0 rings (SSSR count). The SMILES string of the molecule is CCCC(C(=O)O)(C(C)C)C(CCC)(C(=O)O)C(C)C. The summed E-state index contributed by atoms with van der Waals surface area (Å²) in [5, 5.41) is 19.8. The molecule has 0 amide bonds. The van der Waals surface area contributed by atoms with Gasteiger partial charge in [-0.15, -0.1) is 0 Å². The first kappa shape index (κ1) is 18.9. The molecular weight excluding hydrogens is 256 g/mol. The summed E-state index contributed by atoms with van der Waals surface area (Å²) in [6.45, 7) is 11.2. The van der Waals surface area contributed by atoms with E-state index in [0.29, 0.717) is 25.7 Å². The summed E-state index contributed by atoms with van der Waals surface area (Å²) in [6.07, 6.45) is 2.11. The van der Waals surface area contributed by atoms with Crippen molar-refractivity contribution in [2.75, 3.05) is 0 Å². The minimum atomic E-state index is -1.22. The molecule has 0 spiro atoms. The van der Waals surface area contributed by atoms with E-state index in [1.165, 1.54) is 0 Å². The third-order valence-corrected chi connectivity index (χ3v) is 4.82. The third-order valence-electron chi connectivity index (χ3n) is 4.82. The van der Waals surface area contributed by atoms with Crippen LogP contribution in [-0.2, 0) is 9.59 Å². The van der Waals surface area contributed by atoms with Crippen LogP contribution in [0.5, 0.6) is 0 Å². The van der Waals surface area contributed by atoms with Gasteiger partial charge >= 0.3 is 11.9 Å². The van der Waals surface area contributed by atoms with E-state index in [0.717, 1.165) is 0 Å². The molecule has 2 N–H and O–H groups in total. The summed E-state index contributed by atoms with van der Waals surface area (Å²) >= 11 is 0. The molecule has 2 atom stereocenters. The Labute approximate surface area is 122 Å². The average Bonchev–Trinajstić information content (AvgIpc) is 2.31. The maximum absolute atomic E-state index is 12.1. The Morgan fingerprint density at radius 1 is 0.800 bits per heavy atom. The molecule has 0 radical (unpaired) electrons. The molecule has 4 heteroatoms. The molecular formula is C16H30O4. The predicted octanol–water partition coefficient (Wildman–Crippen LogP) is 4.04. The van der Waals surface area contributed by atoms with Crippen LogP contribution >= 0.6 is 0 Å². The number of carboxylic acid groups (broad SMARTS) is 2. The van der Waals surface area contributed by atoms with Crippen molar-refractivity contribution in [3.05, 3.63) is 0 Å². The molecule has 4 nitrogen and oxygen atoms in total.